The van der Waals surface area contributed by atoms with Crippen molar-refractivity contribution < 1.29 is 32.9 Å². The Bertz CT molecular complexity index is 1070. The van der Waals surface area contributed by atoms with Crippen LogP contribution in [0.25, 0.3) is 0 Å². The van der Waals surface area contributed by atoms with Crippen molar-refractivity contribution in [2.24, 2.45) is 10.8 Å². The molecule has 0 bridgehead atoms. The standard InChI is InChI=1S/C15H20N4O3.C12H20F2O2/c1-20-12-6-5-10(8-13(12)21-2)22-9-14-17-15(19-18-14)11-4-3-7-16-11;1-9(2)5-10(3,4)7-11(16,6-9)12(13,14)8-15/h5-6,8,11,16H,3-4,7,9H2,1-2H3,(H,17,18,19);8,16H,5-7H2,1-4H3. The number of aromatic nitrogens is 3. The molecule has 212 valence electrons. The van der Waals surface area contributed by atoms with E-state index in [1.807, 2.05) is 39.8 Å². The van der Waals surface area contributed by atoms with E-state index in [0.29, 0.717) is 29.7 Å². The van der Waals surface area contributed by atoms with Gasteiger partial charge < -0.3 is 24.6 Å². The van der Waals surface area contributed by atoms with Gasteiger partial charge in [-0.1, -0.05) is 27.7 Å². The summed E-state index contributed by atoms with van der Waals surface area (Å²) < 4.78 is 43.2. The van der Waals surface area contributed by atoms with Crippen LogP contribution in [-0.2, 0) is 11.4 Å². The van der Waals surface area contributed by atoms with Crippen molar-refractivity contribution in [3.8, 4) is 17.2 Å². The van der Waals surface area contributed by atoms with E-state index in [-0.39, 0.29) is 29.7 Å². The highest BCUT2D eigenvalue weighted by Gasteiger charge is 2.59. The Labute approximate surface area is 222 Å². The summed E-state index contributed by atoms with van der Waals surface area (Å²) in [6.07, 6.45) is 2.48. The summed E-state index contributed by atoms with van der Waals surface area (Å²) >= 11 is 0. The fourth-order valence-corrected chi connectivity index (χ4v) is 5.91. The van der Waals surface area contributed by atoms with Crippen LogP contribution in [0.5, 0.6) is 17.2 Å². The SMILES string of the molecule is CC1(C)CC(C)(C)CC(O)(C(F)(F)C=O)C1.COc1ccc(OCc2nc(C3CCCN3)n[nH]2)cc1OC. The zero-order valence-electron chi connectivity index (χ0n) is 23.1. The second kappa shape index (κ2) is 11.5. The van der Waals surface area contributed by atoms with E-state index in [1.165, 1.54) is 0 Å². The fourth-order valence-electron chi connectivity index (χ4n) is 5.91. The molecule has 0 spiro atoms. The minimum atomic E-state index is -3.66. The fraction of sp³-hybridized carbons (Fsp3) is 0.667. The average Bonchev–Trinajstić information content (AvgIpc) is 3.52. The Hall–Kier alpha value is -2.79. The number of rotatable bonds is 8. The largest absolute Gasteiger partial charge is 0.493 e. The molecule has 0 radical (unpaired) electrons. The van der Waals surface area contributed by atoms with Crippen molar-refractivity contribution in [1.29, 1.82) is 0 Å². The van der Waals surface area contributed by atoms with Crippen LogP contribution in [0.1, 0.15) is 77.5 Å². The maximum Gasteiger partial charge on any atom is 0.330 e. The molecule has 1 saturated heterocycles. The van der Waals surface area contributed by atoms with Crippen molar-refractivity contribution in [3.63, 3.8) is 0 Å². The molecule has 2 fully saturated rings. The van der Waals surface area contributed by atoms with E-state index < -0.39 is 17.8 Å². The molecule has 1 aliphatic carbocycles. The van der Waals surface area contributed by atoms with Gasteiger partial charge in [0.05, 0.1) is 20.3 Å². The van der Waals surface area contributed by atoms with Crippen LogP contribution in [0.2, 0.25) is 0 Å². The molecule has 11 heteroatoms. The zero-order chi connectivity index (χ0) is 28.2. The van der Waals surface area contributed by atoms with Gasteiger partial charge in [-0.05, 0) is 61.6 Å². The molecule has 0 amide bonds. The molecule has 9 nitrogen and oxygen atoms in total. The van der Waals surface area contributed by atoms with Crippen molar-refractivity contribution in [2.75, 3.05) is 20.8 Å². The molecule has 38 heavy (non-hydrogen) atoms. The molecule has 2 heterocycles. The summed E-state index contributed by atoms with van der Waals surface area (Å²) in [5.74, 6) is -0.156. The number of ether oxygens (including phenoxy) is 3. The molecule has 2 aliphatic rings. The van der Waals surface area contributed by atoms with E-state index in [4.69, 9.17) is 14.2 Å². The maximum absolute atomic E-state index is 13.5. The Morgan fingerprint density at radius 2 is 1.76 bits per heavy atom. The van der Waals surface area contributed by atoms with Gasteiger partial charge in [-0.15, -0.1) is 0 Å². The first-order chi connectivity index (χ1) is 17.7. The number of nitrogens with zero attached hydrogens (tertiary/aromatic N) is 2. The van der Waals surface area contributed by atoms with Crippen molar-refractivity contribution >= 4 is 6.29 Å². The molecule has 1 atom stereocenters. The predicted octanol–water partition coefficient (Wildman–Crippen LogP) is 4.61. The summed E-state index contributed by atoms with van der Waals surface area (Å²) in [5.41, 5.74) is -2.98. The summed E-state index contributed by atoms with van der Waals surface area (Å²) in [4.78, 5) is 14.9. The highest BCUT2D eigenvalue weighted by Crippen LogP contribution is 2.54. The van der Waals surface area contributed by atoms with Gasteiger partial charge in [0.1, 0.15) is 18.0 Å². The second-order valence-corrected chi connectivity index (χ2v) is 11.7. The number of nitrogens with one attached hydrogen (secondary N) is 2. The molecule has 1 aromatic carbocycles. The molecular weight excluding hydrogens is 498 g/mol. The quantitative estimate of drug-likeness (QED) is 0.417. The average molecular weight is 539 g/mol. The van der Waals surface area contributed by atoms with Gasteiger partial charge in [0, 0.05) is 6.07 Å². The van der Waals surface area contributed by atoms with Crippen molar-refractivity contribution in [1.82, 2.24) is 20.5 Å². The van der Waals surface area contributed by atoms with Crippen LogP contribution in [-0.4, -0.2) is 58.9 Å². The van der Waals surface area contributed by atoms with Crippen molar-refractivity contribution in [3.05, 3.63) is 29.8 Å². The van der Waals surface area contributed by atoms with Gasteiger partial charge >= 0.3 is 5.92 Å². The second-order valence-electron chi connectivity index (χ2n) is 11.7. The van der Waals surface area contributed by atoms with Gasteiger partial charge in [-0.3, -0.25) is 9.89 Å². The number of methoxy groups -OCH3 is 2. The number of halogens is 2. The Morgan fingerprint density at radius 1 is 1.11 bits per heavy atom. The number of carbonyl (C=O) groups is 1. The number of hydrogen-bond donors (Lipinski definition) is 3. The summed E-state index contributed by atoms with van der Waals surface area (Å²) in [6, 6.07) is 5.68. The summed E-state index contributed by atoms with van der Waals surface area (Å²) in [6.45, 7) is 8.74. The third-order valence-corrected chi connectivity index (χ3v) is 6.92. The maximum atomic E-state index is 13.5. The minimum Gasteiger partial charge on any atom is -0.493 e. The lowest BCUT2D eigenvalue weighted by atomic mass is 9.58. The van der Waals surface area contributed by atoms with Crippen LogP contribution in [0.15, 0.2) is 18.2 Å². The number of H-pyrrole nitrogens is 1. The van der Waals surface area contributed by atoms with Crippen LogP contribution >= 0.6 is 0 Å². The lowest BCUT2D eigenvalue weighted by Gasteiger charge is -2.50. The van der Waals surface area contributed by atoms with Gasteiger partial charge in [0.25, 0.3) is 0 Å². The molecule has 3 N–H and O–H groups in total. The molecular formula is C27H40F2N4O5. The van der Waals surface area contributed by atoms with Crippen LogP contribution in [0, 0.1) is 10.8 Å². The van der Waals surface area contributed by atoms with Gasteiger partial charge in [0.2, 0.25) is 0 Å². The first-order valence-electron chi connectivity index (χ1n) is 12.8. The number of aldehydes is 1. The van der Waals surface area contributed by atoms with E-state index in [2.05, 4.69) is 20.5 Å². The summed E-state index contributed by atoms with van der Waals surface area (Å²) in [7, 11) is 3.20. The first kappa shape index (κ1) is 29.8. The number of benzene rings is 1. The monoisotopic (exact) mass is 538 g/mol. The topological polar surface area (TPSA) is 119 Å². The van der Waals surface area contributed by atoms with Crippen LogP contribution in [0.4, 0.5) is 8.78 Å². The molecule has 1 unspecified atom stereocenters. The Morgan fingerprint density at radius 3 is 2.32 bits per heavy atom. The van der Waals surface area contributed by atoms with E-state index >= 15 is 0 Å². The molecule has 4 rings (SSSR count). The van der Waals surface area contributed by atoms with E-state index in [1.54, 1.807) is 20.3 Å². The van der Waals surface area contributed by atoms with Crippen LogP contribution in [0.3, 0.4) is 0 Å². The van der Waals surface area contributed by atoms with Gasteiger partial charge in [0.15, 0.2) is 29.4 Å². The lowest BCUT2D eigenvalue weighted by Crippen LogP contribution is -2.57. The minimum absolute atomic E-state index is 0.0465. The van der Waals surface area contributed by atoms with Crippen LogP contribution < -0.4 is 19.5 Å². The molecule has 2 aromatic rings. The Balaban J connectivity index is 0.000000223. The first-order valence-corrected chi connectivity index (χ1v) is 12.8. The third-order valence-electron chi connectivity index (χ3n) is 6.92. The number of carbonyl (C=O) groups excluding carboxylic acids is 1. The lowest BCUT2D eigenvalue weighted by molar-refractivity contribution is -0.215. The van der Waals surface area contributed by atoms with Gasteiger partial charge in [-0.25, -0.2) is 4.98 Å². The highest BCUT2D eigenvalue weighted by molar-refractivity contribution is 5.62. The molecule has 1 saturated carbocycles. The highest BCUT2D eigenvalue weighted by atomic mass is 19.3. The molecule has 1 aromatic heterocycles. The van der Waals surface area contributed by atoms with Gasteiger partial charge in [-0.2, -0.15) is 13.9 Å². The normalized spacial score (nSPS) is 21.7. The predicted molar refractivity (Wildman–Crippen MR) is 138 cm³/mol. The molecule has 1 aliphatic heterocycles. The number of aromatic amines is 1. The van der Waals surface area contributed by atoms with E-state index in [0.717, 1.165) is 31.6 Å². The third kappa shape index (κ3) is 7.19. The zero-order valence-corrected chi connectivity index (χ0v) is 23.1. The number of aliphatic hydroxyl groups is 1. The smallest absolute Gasteiger partial charge is 0.330 e. The number of alkyl halides is 2. The van der Waals surface area contributed by atoms with E-state index in [9.17, 15) is 18.7 Å². The summed E-state index contributed by atoms with van der Waals surface area (Å²) in [5, 5.41) is 20.6. The number of hydrogen-bond acceptors (Lipinski definition) is 8. The van der Waals surface area contributed by atoms with Crippen molar-refractivity contribution in [2.45, 2.75) is 84.0 Å². The Kier molecular flexibility index (Phi) is 9.03.